The van der Waals surface area contributed by atoms with Crippen LogP contribution in [-0.4, -0.2) is 57.6 Å². The second-order valence-electron chi connectivity index (χ2n) is 4.92. The molecule has 3 unspecified atom stereocenters. The number of ether oxygens (including phenoxy) is 1. The monoisotopic (exact) mass is 268 g/mol. The van der Waals surface area contributed by atoms with Gasteiger partial charge in [-0.2, -0.15) is 5.10 Å². The van der Waals surface area contributed by atoms with E-state index >= 15 is 0 Å². The SMILES string of the molecule is CC1CN(C(=O)C(N)c2cnn(C)c2)CC(CO)O1. The van der Waals surface area contributed by atoms with Crippen LogP contribution in [0.5, 0.6) is 0 Å². The Morgan fingerprint density at radius 3 is 3.00 bits per heavy atom. The van der Waals surface area contributed by atoms with Crippen LogP contribution in [0.4, 0.5) is 0 Å². The van der Waals surface area contributed by atoms with Gasteiger partial charge in [-0.1, -0.05) is 0 Å². The second kappa shape index (κ2) is 5.68. The number of amides is 1. The highest BCUT2D eigenvalue weighted by molar-refractivity contribution is 5.83. The molecule has 0 radical (unpaired) electrons. The average Bonchev–Trinajstić information content (AvgIpc) is 2.82. The van der Waals surface area contributed by atoms with Crippen molar-refractivity contribution >= 4 is 5.91 Å². The average molecular weight is 268 g/mol. The summed E-state index contributed by atoms with van der Waals surface area (Å²) >= 11 is 0. The summed E-state index contributed by atoms with van der Waals surface area (Å²) in [7, 11) is 1.78. The van der Waals surface area contributed by atoms with E-state index in [9.17, 15) is 4.79 Å². The highest BCUT2D eigenvalue weighted by atomic mass is 16.5. The second-order valence-corrected chi connectivity index (χ2v) is 4.92. The van der Waals surface area contributed by atoms with Gasteiger partial charge in [0, 0.05) is 31.9 Å². The molecular formula is C12H20N4O3. The maximum atomic E-state index is 12.3. The van der Waals surface area contributed by atoms with Crippen molar-refractivity contribution in [2.45, 2.75) is 25.2 Å². The molecule has 2 rings (SSSR count). The van der Waals surface area contributed by atoms with E-state index in [0.717, 1.165) is 0 Å². The van der Waals surface area contributed by atoms with Crippen molar-refractivity contribution in [1.29, 1.82) is 0 Å². The smallest absolute Gasteiger partial charge is 0.244 e. The molecular weight excluding hydrogens is 248 g/mol. The Morgan fingerprint density at radius 1 is 1.68 bits per heavy atom. The van der Waals surface area contributed by atoms with Crippen molar-refractivity contribution in [3.05, 3.63) is 18.0 Å². The molecule has 1 amide bonds. The minimum Gasteiger partial charge on any atom is -0.394 e. The van der Waals surface area contributed by atoms with Gasteiger partial charge < -0.3 is 20.5 Å². The highest BCUT2D eigenvalue weighted by Crippen LogP contribution is 2.17. The number of aliphatic hydroxyl groups is 1. The Kier molecular flexibility index (Phi) is 4.18. The number of aryl methyl sites for hydroxylation is 1. The molecule has 0 aromatic carbocycles. The molecule has 1 aliphatic rings. The Labute approximate surface area is 111 Å². The van der Waals surface area contributed by atoms with E-state index < -0.39 is 6.04 Å². The zero-order valence-electron chi connectivity index (χ0n) is 11.2. The highest BCUT2D eigenvalue weighted by Gasteiger charge is 2.31. The maximum Gasteiger partial charge on any atom is 0.244 e. The first-order chi connectivity index (χ1) is 9.01. The van der Waals surface area contributed by atoms with Gasteiger partial charge in [0.25, 0.3) is 0 Å². The third kappa shape index (κ3) is 3.12. The van der Waals surface area contributed by atoms with Gasteiger partial charge in [0.2, 0.25) is 5.91 Å². The normalized spacial score (nSPS) is 25.4. The fourth-order valence-electron chi connectivity index (χ4n) is 2.27. The van der Waals surface area contributed by atoms with Crippen LogP contribution in [0.25, 0.3) is 0 Å². The quantitative estimate of drug-likeness (QED) is 0.735. The number of carbonyl (C=O) groups is 1. The van der Waals surface area contributed by atoms with Crippen molar-refractivity contribution in [2.75, 3.05) is 19.7 Å². The Balaban J connectivity index is 2.06. The molecule has 106 valence electrons. The van der Waals surface area contributed by atoms with Gasteiger partial charge in [0.05, 0.1) is 25.0 Å². The van der Waals surface area contributed by atoms with E-state index in [1.165, 1.54) is 0 Å². The zero-order chi connectivity index (χ0) is 14.0. The number of hydrogen-bond donors (Lipinski definition) is 2. The fourth-order valence-corrected chi connectivity index (χ4v) is 2.27. The summed E-state index contributed by atoms with van der Waals surface area (Å²) in [5, 5.41) is 13.2. The van der Waals surface area contributed by atoms with E-state index in [0.29, 0.717) is 18.7 Å². The summed E-state index contributed by atoms with van der Waals surface area (Å²) in [6.45, 7) is 2.63. The van der Waals surface area contributed by atoms with E-state index in [1.807, 2.05) is 6.92 Å². The molecule has 0 bridgehead atoms. The van der Waals surface area contributed by atoms with Gasteiger partial charge in [-0.15, -0.1) is 0 Å². The largest absolute Gasteiger partial charge is 0.394 e. The van der Waals surface area contributed by atoms with E-state index in [1.54, 1.807) is 29.0 Å². The molecule has 19 heavy (non-hydrogen) atoms. The predicted molar refractivity (Wildman–Crippen MR) is 68.1 cm³/mol. The van der Waals surface area contributed by atoms with Crippen molar-refractivity contribution in [3.63, 3.8) is 0 Å². The van der Waals surface area contributed by atoms with Gasteiger partial charge in [-0.25, -0.2) is 0 Å². The molecule has 0 aliphatic carbocycles. The summed E-state index contributed by atoms with van der Waals surface area (Å²) in [6.07, 6.45) is 2.89. The summed E-state index contributed by atoms with van der Waals surface area (Å²) in [6, 6.07) is -0.724. The van der Waals surface area contributed by atoms with Gasteiger partial charge >= 0.3 is 0 Å². The Bertz CT molecular complexity index is 448. The Hall–Kier alpha value is -1.44. The molecule has 1 saturated heterocycles. The van der Waals surface area contributed by atoms with Gasteiger partial charge in [-0.05, 0) is 6.92 Å². The van der Waals surface area contributed by atoms with Gasteiger partial charge in [0.15, 0.2) is 0 Å². The fraction of sp³-hybridized carbons (Fsp3) is 0.667. The molecule has 0 spiro atoms. The number of carbonyl (C=O) groups excluding carboxylic acids is 1. The summed E-state index contributed by atoms with van der Waals surface area (Å²) < 4.78 is 7.12. The van der Waals surface area contributed by atoms with Crippen LogP contribution in [0.15, 0.2) is 12.4 Å². The van der Waals surface area contributed by atoms with Crippen molar-refractivity contribution < 1.29 is 14.6 Å². The van der Waals surface area contributed by atoms with E-state index in [-0.39, 0.29) is 24.7 Å². The van der Waals surface area contributed by atoms with Crippen LogP contribution < -0.4 is 5.73 Å². The summed E-state index contributed by atoms with van der Waals surface area (Å²) in [5.41, 5.74) is 6.65. The van der Waals surface area contributed by atoms with Crippen LogP contribution in [0.3, 0.4) is 0 Å². The molecule has 1 fully saturated rings. The van der Waals surface area contributed by atoms with Crippen molar-refractivity contribution in [2.24, 2.45) is 12.8 Å². The molecule has 7 heteroatoms. The minimum atomic E-state index is -0.724. The summed E-state index contributed by atoms with van der Waals surface area (Å²) in [5.74, 6) is -0.165. The Morgan fingerprint density at radius 2 is 2.42 bits per heavy atom. The minimum absolute atomic E-state index is 0.101. The number of nitrogens with zero attached hydrogens (tertiary/aromatic N) is 3. The lowest BCUT2D eigenvalue weighted by Crippen LogP contribution is -2.52. The summed E-state index contributed by atoms with van der Waals surface area (Å²) in [4.78, 5) is 14.0. The van der Waals surface area contributed by atoms with Crippen LogP contribution in [0.1, 0.15) is 18.5 Å². The van der Waals surface area contributed by atoms with E-state index in [4.69, 9.17) is 15.6 Å². The van der Waals surface area contributed by atoms with Crippen molar-refractivity contribution in [3.8, 4) is 0 Å². The van der Waals surface area contributed by atoms with Crippen LogP contribution in [-0.2, 0) is 16.6 Å². The molecule has 1 aliphatic heterocycles. The van der Waals surface area contributed by atoms with E-state index in [2.05, 4.69) is 5.10 Å². The lowest BCUT2D eigenvalue weighted by atomic mass is 10.1. The molecule has 1 aromatic rings. The number of aromatic nitrogens is 2. The number of nitrogens with two attached hydrogens (primary N) is 1. The molecule has 3 N–H and O–H groups in total. The molecule has 1 aromatic heterocycles. The molecule has 0 saturated carbocycles. The van der Waals surface area contributed by atoms with Crippen LogP contribution >= 0.6 is 0 Å². The number of morpholine rings is 1. The zero-order valence-corrected chi connectivity index (χ0v) is 11.2. The predicted octanol–water partition coefficient (Wildman–Crippen LogP) is -0.972. The first-order valence-corrected chi connectivity index (χ1v) is 6.30. The van der Waals surface area contributed by atoms with Crippen LogP contribution in [0, 0.1) is 0 Å². The lowest BCUT2D eigenvalue weighted by Gasteiger charge is -2.37. The number of hydrogen-bond acceptors (Lipinski definition) is 5. The number of aliphatic hydroxyl groups excluding tert-OH is 1. The number of rotatable bonds is 3. The van der Waals surface area contributed by atoms with Crippen molar-refractivity contribution in [1.82, 2.24) is 14.7 Å². The molecule has 3 atom stereocenters. The first-order valence-electron chi connectivity index (χ1n) is 6.30. The topological polar surface area (TPSA) is 93.6 Å². The first kappa shape index (κ1) is 14.0. The third-order valence-corrected chi connectivity index (χ3v) is 3.19. The van der Waals surface area contributed by atoms with Gasteiger partial charge in [-0.3, -0.25) is 9.48 Å². The maximum absolute atomic E-state index is 12.3. The standard InChI is InChI=1S/C12H20N4O3/c1-8-4-16(6-10(7-17)19-8)12(18)11(13)9-3-14-15(2)5-9/h3,5,8,10-11,17H,4,6-7,13H2,1-2H3. The lowest BCUT2D eigenvalue weighted by molar-refractivity contribution is -0.148. The van der Waals surface area contributed by atoms with Gasteiger partial charge in [0.1, 0.15) is 6.04 Å². The third-order valence-electron chi connectivity index (χ3n) is 3.19. The van der Waals surface area contributed by atoms with Crippen LogP contribution in [0.2, 0.25) is 0 Å². The molecule has 7 nitrogen and oxygen atoms in total. The molecule has 2 heterocycles.